The smallest absolute Gasteiger partial charge is 0.399 e. The van der Waals surface area contributed by atoms with Crippen LogP contribution in [0.3, 0.4) is 0 Å². The maximum Gasteiger partial charge on any atom is 0.399 e. The van der Waals surface area contributed by atoms with Gasteiger partial charge in [-0.25, -0.2) is 4.79 Å². The molecular formula is C12H8N2O4. The zero-order chi connectivity index (χ0) is 13.1. The quantitative estimate of drug-likeness (QED) is 0.890. The lowest BCUT2D eigenvalue weighted by atomic mass is 10.1. The van der Waals surface area contributed by atoms with Crippen molar-refractivity contribution >= 4 is 5.97 Å². The predicted octanol–water partition coefficient (Wildman–Crippen LogP) is 2.35. The van der Waals surface area contributed by atoms with Gasteiger partial charge in [-0.1, -0.05) is 6.07 Å². The summed E-state index contributed by atoms with van der Waals surface area (Å²) in [5.41, 5.74) is 0.976. The van der Waals surface area contributed by atoms with Crippen molar-refractivity contribution in [3.63, 3.8) is 0 Å². The Bertz CT molecular complexity index is 640. The number of carboxylic acids is 1. The zero-order valence-electron chi connectivity index (χ0n) is 9.38. The van der Waals surface area contributed by atoms with Gasteiger partial charge in [-0.2, -0.15) is 10.2 Å². The van der Waals surface area contributed by atoms with Crippen LogP contribution in [-0.2, 0) is 0 Å². The molecular weight excluding hydrogens is 236 g/mol. The molecule has 18 heavy (non-hydrogen) atoms. The van der Waals surface area contributed by atoms with Gasteiger partial charge in [0.1, 0.15) is 12.0 Å². The first kappa shape index (κ1) is 11.7. The van der Waals surface area contributed by atoms with Gasteiger partial charge in [-0.3, -0.25) is 0 Å². The second-order valence-electron chi connectivity index (χ2n) is 3.50. The van der Waals surface area contributed by atoms with E-state index in [4.69, 9.17) is 19.5 Å². The average molecular weight is 244 g/mol. The van der Waals surface area contributed by atoms with E-state index >= 15 is 0 Å². The molecule has 0 aliphatic heterocycles. The monoisotopic (exact) mass is 244 g/mol. The highest BCUT2D eigenvalue weighted by atomic mass is 16.6. The van der Waals surface area contributed by atoms with Crippen LogP contribution in [0.5, 0.6) is 11.8 Å². The van der Waals surface area contributed by atoms with Crippen molar-refractivity contribution in [1.82, 2.24) is 4.98 Å². The van der Waals surface area contributed by atoms with Crippen molar-refractivity contribution in [3.05, 3.63) is 41.3 Å². The van der Waals surface area contributed by atoms with Gasteiger partial charge in [0.15, 0.2) is 5.69 Å². The van der Waals surface area contributed by atoms with E-state index in [0.29, 0.717) is 11.3 Å². The largest absolute Gasteiger partial charge is 0.476 e. The molecule has 0 aliphatic carbocycles. The Balaban J connectivity index is 2.28. The Morgan fingerprint density at radius 1 is 1.56 bits per heavy atom. The van der Waals surface area contributed by atoms with Gasteiger partial charge in [0, 0.05) is 0 Å². The van der Waals surface area contributed by atoms with Gasteiger partial charge < -0.3 is 14.3 Å². The summed E-state index contributed by atoms with van der Waals surface area (Å²) >= 11 is 0. The SMILES string of the molecule is Cc1ccc(C#N)cc1Oc1nc(C(=O)O)co1. The minimum absolute atomic E-state index is 0.175. The summed E-state index contributed by atoms with van der Waals surface area (Å²) in [6, 6.07) is 6.88. The predicted molar refractivity (Wildman–Crippen MR) is 59.4 cm³/mol. The number of carboxylic acid groups (broad SMARTS) is 1. The lowest BCUT2D eigenvalue weighted by molar-refractivity contribution is 0.0690. The first-order chi connectivity index (χ1) is 8.60. The fraction of sp³-hybridized carbons (Fsp3) is 0.0833. The highest BCUT2D eigenvalue weighted by Crippen LogP contribution is 2.25. The number of ether oxygens (including phenoxy) is 1. The standard InChI is InChI=1S/C12H8N2O4/c1-7-2-3-8(5-13)4-10(7)18-12-14-9(6-17-12)11(15)16/h2-4,6H,1H3,(H,15,16). The summed E-state index contributed by atoms with van der Waals surface area (Å²) < 4.78 is 10.2. The van der Waals surface area contributed by atoms with Crippen LogP contribution in [0.1, 0.15) is 21.6 Å². The third-order valence-corrected chi connectivity index (χ3v) is 2.22. The average Bonchev–Trinajstić information content (AvgIpc) is 2.81. The summed E-state index contributed by atoms with van der Waals surface area (Å²) in [6.07, 6.45) is 0.812. The van der Waals surface area contributed by atoms with Crippen LogP contribution < -0.4 is 4.74 Å². The van der Waals surface area contributed by atoms with E-state index in [0.717, 1.165) is 11.8 Å². The van der Waals surface area contributed by atoms with Gasteiger partial charge in [0.05, 0.1) is 11.6 Å². The second-order valence-corrected chi connectivity index (χ2v) is 3.50. The molecule has 0 unspecified atom stereocenters. The lowest BCUT2D eigenvalue weighted by Gasteiger charge is -2.04. The number of nitriles is 1. The van der Waals surface area contributed by atoms with E-state index in [-0.39, 0.29) is 11.8 Å². The molecule has 0 fully saturated rings. The summed E-state index contributed by atoms with van der Waals surface area (Å²) in [5, 5.41) is 17.5. The first-order valence-electron chi connectivity index (χ1n) is 4.97. The van der Waals surface area contributed by atoms with Gasteiger partial charge in [-0.05, 0) is 24.6 Å². The van der Waals surface area contributed by atoms with Crippen molar-refractivity contribution in [2.75, 3.05) is 0 Å². The summed E-state index contributed by atoms with van der Waals surface area (Å²) in [4.78, 5) is 14.2. The molecule has 2 aromatic rings. The molecule has 0 amide bonds. The van der Waals surface area contributed by atoms with Crippen molar-refractivity contribution < 1.29 is 19.1 Å². The number of hydrogen-bond acceptors (Lipinski definition) is 5. The van der Waals surface area contributed by atoms with Crippen LogP contribution in [0.4, 0.5) is 0 Å². The molecule has 2 rings (SSSR count). The summed E-state index contributed by atoms with van der Waals surface area (Å²) in [5.74, 6) is -0.802. The highest BCUT2D eigenvalue weighted by molar-refractivity contribution is 5.84. The lowest BCUT2D eigenvalue weighted by Crippen LogP contribution is -1.96. The van der Waals surface area contributed by atoms with E-state index in [9.17, 15) is 4.79 Å². The molecule has 0 saturated carbocycles. The molecule has 0 saturated heterocycles. The van der Waals surface area contributed by atoms with Crippen LogP contribution in [-0.4, -0.2) is 16.1 Å². The molecule has 1 N–H and O–H groups in total. The number of hydrogen-bond donors (Lipinski definition) is 1. The van der Waals surface area contributed by atoms with Crippen LogP contribution in [0.15, 0.2) is 28.9 Å². The van der Waals surface area contributed by atoms with Crippen molar-refractivity contribution in [1.29, 1.82) is 5.26 Å². The Labute approximate surface area is 102 Å². The number of aromatic nitrogens is 1. The fourth-order valence-corrected chi connectivity index (χ4v) is 1.28. The van der Waals surface area contributed by atoms with Crippen molar-refractivity contribution in [2.45, 2.75) is 6.92 Å². The van der Waals surface area contributed by atoms with Gasteiger partial charge in [0.25, 0.3) is 0 Å². The Morgan fingerprint density at radius 3 is 2.94 bits per heavy atom. The van der Waals surface area contributed by atoms with Gasteiger partial charge in [0.2, 0.25) is 0 Å². The van der Waals surface area contributed by atoms with Crippen molar-refractivity contribution in [2.24, 2.45) is 0 Å². The molecule has 0 bridgehead atoms. The van der Waals surface area contributed by atoms with E-state index in [1.54, 1.807) is 19.1 Å². The van der Waals surface area contributed by atoms with Crippen molar-refractivity contribution in [3.8, 4) is 17.9 Å². The Kier molecular flexibility index (Phi) is 2.98. The normalized spacial score (nSPS) is 9.78. The maximum atomic E-state index is 10.6. The molecule has 0 aliphatic rings. The van der Waals surface area contributed by atoms with E-state index in [1.807, 2.05) is 6.07 Å². The molecule has 0 atom stereocenters. The van der Waals surface area contributed by atoms with Crippen LogP contribution in [0, 0.1) is 18.3 Å². The molecule has 0 radical (unpaired) electrons. The molecule has 1 aromatic heterocycles. The third-order valence-electron chi connectivity index (χ3n) is 2.22. The number of aromatic carboxylic acids is 1. The molecule has 0 spiro atoms. The topological polar surface area (TPSA) is 96.3 Å². The van der Waals surface area contributed by atoms with Crippen LogP contribution >= 0.6 is 0 Å². The number of oxazole rings is 1. The molecule has 1 aromatic carbocycles. The van der Waals surface area contributed by atoms with E-state index in [1.165, 1.54) is 6.07 Å². The Morgan fingerprint density at radius 2 is 2.33 bits per heavy atom. The van der Waals surface area contributed by atoms with Crippen LogP contribution in [0.25, 0.3) is 0 Å². The van der Waals surface area contributed by atoms with E-state index in [2.05, 4.69) is 4.98 Å². The molecule has 6 nitrogen and oxygen atoms in total. The number of benzene rings is 1. The maximum absolute atomic E-state index is 10.6. The second kappa shape index (κ2) is 4.59. The third kappa shape index (κ3) is 2.30. The zero-order valence-corrected chi connectivity index (χ0v) is 9.38. The van der Waals surface area contributed by atoms with Gasteiger partial charge in [-0.15, -0.1) is 0 Å². The minimum Gasteiger partial charge on any atom is -0.476 e. The minimum atomic E-state index is -1.20. The highest BCUT2D eigenvalue weighted by Gasteiger charge is 2.13. The number of rotatable bonds is 3. The number of carbonyl (C=O) groups is 1. The molecule has 6 heteroatoms. The molecule has 1 heterocycles. The molecule has 90 valence electrons. The van der Waals surface area contributed by atoms with Crippen LogP contribution in [0.2, 0.25) is 0 Å². The first-order valence-corrected chi connectivity index (χ1v) is 4.97. The van der Waals surface area contributed by atoms with E-state index < -0.39 is 5.97 Å². The van der Waals surface area contributed by atoms with Gasteiger partial charge >= 0.3 is 12.0 Å². The Hall–Kier alpha value is -2.81. The summed E-state index contributed by atoms with van der Waals surface area (Å²) in [7, 11) is 0. The number of aryl methyl sites for hydroxylation is 1. The summed E-state index contributed by atoms with van der Waals surface area (Å²) in [6.45, 7) is 1.79. The number of nitrogens with zero attached hydrogens (tertiary/aromatic N) is 2. The fourth-order valence-electron chi connectivity index (χ4n) is 1.28.